The number of piperidine rings is 1. The maximum absolute atomic E-state index is 12.3. The van der Waals surface area contributed by atoms with Crippen LogP contribution >= 0.6 is 0 Å². The fourth-order valence-corrected chi connectivity index (χ4v) is 7.81. The number of likely N-dealkylation sites (tertiary alicyclic amines) is 1. The molecule has 1 saturated heterocycles. The Hall–Kier alpha value is -5.07. The zero-order valence-corrected chi connectivity index (χ0v) is 50.1. The molecule has 1 aliphatic heterocycles. The molecule has 2 fully saturated rings. The van der Waals surface area contributed by atoms with Crippen molar-refractivity contribution in [3.05, 3.63) is 201 Å². The van der Waals surface area contributed by atoms with E-state index in [1.165, 1.54) is 68.6 Å². The van der Waals surface area contributed by atoms with Crippen molar-refractivity contribution in [1.29, 1.82) is 0 Å². The first-order valence-corrected chi connectivity index (χ1v) is 28.1. The van der Waals surface area contributed by atoms with E-state index in [0.717, 1.165) is 11.6 Å². The van der Waals surface area contributed by atoms with Crippen LogP contribution in [-0.2, 0) is 0 Å². The van der Waals surface area contributed by atoms with Crippen molar-refractivity contribution < 1.29 is 13.2 Å². The van der Waals surface area contributed by atoms with Crippen LogP contribution in [0.5, 0.6) is 0 Å². The van der Waals surface area contributed by atoms with Crippen LogP contribution in [0, 0.1) is 40.5 Å². The van der Waals surface area contributed by atoms with Gasteiger partial charge in [-0.1, -0.05) is 216 Å². The summed E-state index contributed by atoms with van der Waals surface area (Å²) < 4.78 is 36.8. The molecule has 0 unspecified atom stereocenters. The number of pyridine rings is 2. The van der Waals surface area contributed by atoms with Gasteiger partial charge >= 0.3 is 6.18 Å². The van der Waals surface area contributed by atoms with Gasteiger partial charge < -0.3 is 4.90 Å². The highest BCUT2D eigenvalue weighted by atomic mass is 19.4. The number of nitrogens with zero attached hydrogens (tertiary/aromatic N) is 3. The minimum atomic E-state index is -3.98. The van der Waals surface area contributed by atoms with E-state index >= 15 is 0 Å². The predicted octanol–water partition coefficient (Wildman–Crippen LogP) is 21.4. The standard InChI is InChI=1S/C12H16.3C10H14.C9H16F3N.2C9H13N.CH4/c1-9(2)10-3-5-11(6-4-10)12-7-8-12;3*1-8(2)10-6-4-9(3)5-7-10;1-7(2)13-5-3-8(4-6-13)9(10,11)12;1-7(2)9-5-4-8(3)10-6-9;1-7(2)9-5-4-8(3)6-10-9;/h3-6,9,12H,7-8H2,1-2H3;3*4-8H,1-3H3;7-8H,3-6H2,1-2H3;2*4-7H,1-3H3;1H4. The molecule has 0 amide bonds. The third-order valence-corrected chi connectivity index (χ3v) is 13.7. The fraction of sp³-hybridized carbons (Fsp3) is 0.514. The Kier molecular flexibility index (Phi) is 32.1. The van der Waals surface area contributed by atoms with Crippen LogP contribution in [0.3, 0.4) is 0 Å². The number of aryl methyl sites for hydroxylation is 5. The normalized spacial score (nSPS) is 13.4. The molecule has 6 aromatic rings. The number of rotatable bonds is 8. The summed E-state index contributed by atoms with van der Waals surface area (Å²) in [5, 5.41) is 0. The van der Waals surface area contributed by atoms with E-state index in [4.69, 9.17) is 0 Å². The number of hydrogen-bond acceptors (Lipinski definition) is 3. The van der Waals surface area contributed by atoms with Crippen molar-refractivity contribution >= 4 is 0 Å². The Labute approximate surface area is 464 Å². The van der Waals surface area contributed by atoms with Crippen molar-refractivity contribution in [3.8, 4) is 0 Å². The van der Waals surface area contributed by atoms with Gasteiger partial charge in [0.25, 0.3) is 0 Å². The Bertz CT molecular complexity index is 2060. The van der Waals surface area contributed by atoms with Gasteiger partial charge in [-0.2, -0.15) is 13.2 Å². The lowest BCUT2D eigenvalue weighted by Crippen LogP contribution is -2.42. The highest BCUT2D eigenvalue weighted by Crippen LogP contribution is 2.40. The molecule has 0 atom stereocenters. The summed E-state index contributed by atoms with van der Waals surface area (Å²) in [7, 11) is 0. The zero-order valence-electron chi connectivity index (χ0n) is 50.1. The molecule has 2 aromatic heterocycles. The second-order valence-corrected chi connectivity index (χ2v) is 23.0. The first-order chi connectivity index (χ1) is 35.2. The Morgan fingerprint density at radius 2 is 0.737 bits per heavy atom. The highest BCUT2D eigenvalue weighted by Gasteiger charge is 2.41. The minimum absolute atomic E-state index is 0. The molecule has 0 radical (unpaired) electrons. The molecular weight excluding hydrogens is 940 g/mol. The second kappa shape index (κ2) is 35.4. The number of benzene rings is 4. The van der Waals surface area contributed by atoms with Crippen molar-refractivity contribution in [3.63, 3.8) is 0 Å². The van der Waals surface area contributed by atoms with Crippen molar-refractivity contribution in [2.24, 2.45) is 5.92 Å². The molecule has 76 heavy (non-hydrogen) atoms. The summed E-state index contributed by atoms with van der Waals surface area (Å²) >= 11 is 0. The van der Waals surface area contributed by atoms with Crippen LogP contribution in [0.15, 0.2) is 134 Å². The quantitative estimate of drug-likeness (QED) is 0.152. The van der Waals surface area contributed by atoms with Crippen LogP contribution < -0.4 is 0 Å². The van der Waals surface area contributed by atoms with Crippen molar-refractivity contribution in [2.75, 3.05) is 13.1 Å². The molecule has 2 aliphatic rings. The van der Waals surface area contributed by atoms with Gasteiger partial charge in [0, 0.05) is 29.8 Å². The molecule has 3 nitrogen and oxygen atoms in total. The maximum Gasteiger partial charge on any atom is 0.391 e. The summed E-state index contributed by atoms with van der Waals surface area (Å²) in [4.78, 5) is 10.6. The van der Waals surface area contributed by atoms with E-state index in [2.05, 4.69) is 247 Å². The molecule has 8 rings (SSSR count). The van der Waals surface area contributed by atoms with Gasteiger partial charge in [-0.3, -0.25) is 9.97 Å². The first-order valence-electron chi connectivity index (χ1n) is 28.1. The molecule has 420 valence electrons. The molecular formula is C70H104F3N3. The molecule has 0 N–H and O–H groups in total. The van der Waals surface area contributed by atoms with Gasteiger partial charge in [0.05, 0.1) is 5.92 Å². The lowest BCUT2D eigenvalue weighted by Gasteiger charge is -2.35. The molecule has 1 saturated carbocycles. The molecule has 0 spiro atoms. The Morgan fingerprint density at radius 3 is 1.00 bits per heavy atom. The third-order valence-electron chi connectivity index (χ3n) is 13.7. The topological polar surface area (TPSA) is 29.0 Å². The van der Waals surface area contributed by atoms with Gasteiger partial charge in [-0.05, 0) is 180 Å². The second-order valence-electron chi connectivity index (χ2n) is 23.0. The van der Waals surface area contributed by atoms with Crippen LogP contribution in [0.25, 0.3) is 0 Å². The van der Waals surface area contributed by atoms with E-state index < -0.39 is 12.1 Å². The van der Waals surface area contributed by atoms with E-state index in [9.17, 15) is 13.2 Å². The Morgan fingerprint density at radius 1 is 0.395 bits per heavy atom. The molecule has 4 aromatic carbocycles. The molecule has 0 bridgehead atoms. The van der Waals surface area contributed by atoms with Gasteiger partial charge in [-0.25, -0.2) is 0 Å². The summed E-state index contributed by atoms with van der Waals surface area (Å²) in [6.07, 6.45) is 3.21. The van der Waals surface area contributed by atoms with Crippen LogP contribution in [-0.4, -0.2) is 40.2 Å². The van der Waals surface area contributed by atoms with Gasteiger partial charge in [-0.15, -0.1) is 0 Å². The number of alkyl halides is 3. The predicted molar refractivity (Wildman–Crippen MR) is 327 cm³/mol. The SMILES string of the molecule is C.CC(C)N1CCC(C(F)(F)F)CC1.CC(C)c1ccc(C2CC2)cc1.Cc1ccc(C(C)C)cc1.Cc1ccc(C(C)C)cc1.Cc1ccc(C(C)C)cc1.Cc1ccc(C(C)C)cn1.Cc1ccc(C(C)C)nc1. The van der Waals surface area contributed by atoms with Gasteiger partial charge in [0.15, 0.2) is 0 Å². The monoisotopic (exact) mass is 1040 g/mol. The summed E-state index contributed by atoms with van der Waals surface area (Å²) in [5.74, 6) is 3.59. The van der Waals surface area contributed by atoms with Gasteiger partial charge in [0.1, 0.15) is 0 Å². The average molecular weight is 1040 g/mol. The van der Waals surface area contributed by atoms with Crippen molar-refractivity contribution in [1.82, 2.24) is 14.9 Å². The molecule has 6 heteroatoms. The minimum Gasteiger partial charge on any atom is -0.301 e. The van der Waals surface area contributed by atoms with E-state index in [1.807, 2.05) is 33.2 Å². The first kappa shape index (κ1) is 68.9. The molecule has 3 heterocycles. The van der Waals surface area contributed by atoms with Crippen molar-refractivity contribution in [2.45, 2.75) is 218 Å². The lowest BCUT2D eigenvalue weighted by molar-refractivity contribution is -0.185. The summed E-state index contributed by atoms with van der Waals surface area (Å²) in [5.41, 5.74) is 16.1. The van der Waals surface area contributed by atoms with Gasteiger partial charge in [0.2, 0.25) is 0 Å². The molecule has 1 aliphatic carbocycles. The van der Waals surface area contributed by atoms with Crippen LogP contribution in [0.1, 0.15) is 238 Å². The van der Waals surface area contributed by atoms with E-state index in [-0.39, 0.29) is 20.3 Å². The smallest absolute Gasteiger partial charge is 0.301 e. The number of halogens is 3. The number of aromatic nitrogens is 2. The Balaban J connectivity index is 0.000000443. The number of hydrogen-bond donors (Lipinski definition) is 0. The van der Waals surface area contributed by atoms with E-state index in [1.54, 1.807) is 5.56 Å². The average Bonchev–Trinajstić information content (AvgIpc) is 4.22. The lowest BCUT2D eigenvalue weighted by atomic mass is 9.95. The highest BCUT2D eigenvalue weighted by molar-refractivity contribution is 5.30. The maximum atomic E-state index is 12.3. The largest absolute Gasteiger partial charge is 0.391 e. The van der Waals surface area contributed by atoms with Crippen LogP contribution in [0.2, 0.25) is 0 Å². The summed E-state index contributed by atoms with van der Waals surface area (Å²) in [6.45, 7) is 42.0. The van der Waals surface area contributed by atoms with Crippen LogP contribution in [0.4, 0.5) is 13.2 Å². The third kappa shape index (κ3) is 28.3. The van der Waals surface area contributed by atoms with E-state index in [0.29, 0.717) is 54.6 Å². The zero-order chi connectivity index (χ0) is 56.4. The fourth-order valence-electron chi connectivity index (χ4n) is 7.81. The summed E-state index contributed by atoms with van der Waals surface area (Å²) in [6, 6.07) is 44.0.